The summed E-state index contributed by atoms with van der Waals surface area (Å²) in [5, 5.41) is 19.5. The Balaban J connectivity index is 4.18. The van der Waals surface area contributed by atoms with Crippen LogP contribution in [0.5, 0.6) is 0 Å². The number of rotatable bonds is 25. The predicted octanol–water partition coefficient (Wildman–Crippen LogP) is 8.09. The van der Waals surface area contributed by atoms with E-state index in [2.05, 4.69) is 13.8 Å². The summed E-state index contributed by atoms with van der Waals surface area (Å²) in [5.74, 6) is -3.25. The maximum absolute atomic E-state index is 12.0. The molecule has 0 saturated carbocycles. The molecule has 0 bridgehead atoms. The number of carbonyl (C=O) groups is 2. The molecule has 0 aliphatic heterocycles. The second-order valence-corrected chi connectivity index (χ2v) is 10.1. The molecule has 0 aromatic rings. The first-order valence-corrected chi connectivity index (χ1v) is 14.1. The standard InChI is InChI=1S/C28H55NO4/c1-3-5-7-9-11-13-15-17-19-21-23-25(26(30)31)28(29,27(32)33)24-22-20-18-16-14-12-10-8-6-4-2/h25H,3-24,29H2,1-2H3,(H,30,31)(H,32,33). The molecule has 0 spiro atoms. The highest BCUT2D eigenvalue weighted by molar-refractivity contribution is 5.86. The first-order valence-electron chi connectivity index (χ1n) is 14.1. The molecule has 0 aromatic carbocycles. The van der Waals surface area contributed by atoms with E-state index in [1.165, 1.54) is 83.5 Å². The van der Waals surface area contributed by atoms with Crippen LogP contribution in [0.25, 0.3) is 0 Å². The molecule has 0 aromatic heterocycles. The van der Waals surface area contributed by atoms with Crippen LogP contribution in [0.15, 0.2) is 0 Å². The molecule has 33 heavy (non-hydrogen) atoms. The Morgan fingerprint density at radius 1 is 0.606 bits per heavy atom. The summed E-state index contributed by atoms with van der Waals surface area (Å²) < 4.78 is 0. The van der Waals surface area contributed by atoms with E-state index in [0.29, 0.717) is 12.8 Å². The van der Waals surface area contributed by atoms with Crippen molar-refractivity contribution in [3.63, 3.8) is 0 Å². The predicted molar refractivity (Wildman–Crippen MR) is 139 cm³/mol. The summed E-state index contributed by atoms with van der Waals surface area (Å²) in [7, 11) is 0. The SMILES string of the molecule is CCCCCCCCCCCCC(C(=O)O)C(N)(CCCCCCCCCCCC)C(=O)O. The molecule has 5 heteroatoms. The van der Waals surface area contributed by atoms with E-state index in [-0.39, 0.29) is 6.42 Å². The lowest BCUT2D eigenvalue weighted by Crippen LogP contribution is -2.56. The molecule has 0 aliphatic carbocycles. The van der Waals surface area contributed by atoms with Crippen molar-refractivity contribution in [3.05, 3.63) is 0 Å². The number of hydrogen-bond donors (Lipinski definition) is 3. The number of nitrogens with two attached hydrogens (primary N) is 1. The molecule has 4 N–H and O–H groups in total. The van der Waals surface area contributed by atoms with Crippen LogP contribution in [0, 0.1) is 5.92 Å². The van der Waals surface area contributed by atoms with Crippen molar-refractivity contribution in [2.75, 3.05) is 0 Å². The molecule has 0 saturated heterocycles. The highest BCUT2D eigenvalue weighted by Gasteiger charge is 2.45. The van der Waals surface area contributed by atoms with Gasteiger partial charge in [0.1, 0.15) is 5.54 Å². The highest BCUT2D eigenvalue weighted by Crippen LogP contribution is 2.28. The van der Waals surface area contributed by atoms with Gasteiger partial charge < -0.3 is 15.9 Å². The van der Waals surface area contributed by atoms with Crippen LogP contribution in [-0.2, 0) is 9.59 Å². The second kappa shape index (κ2) is 21.4. The van der Waals surface area contributed by atoms with Crippen molar-refractivity contribution in [3.8, 4) is 0 Å². The summed E-state index contributed by atoms with van der Waals surface area (Å²) >= 11 is 0. The van der Waals surface area contributed by atoms with Gasteiger partial charge in [-0.25, -0.2) is 0 Å². The van der Waals surface area contributed by atoms with Crippen LogP contribution in [0.4, 0.5) is 0 Å². The first kappa shape index (κ1) is 31.9. The third kappa shape index (κ3) is 16.2. The van der Waals surface area contributed by atoms with E-state index < -0.39 is 23.4 Å². The topological polar surface area (TPSA) is 101 Å². The Hall–Kier alpha value is -1.10. The third-order valence-corrected chi connectivity index (χ3v) is 7.11. The lowest BCUT2D eigenvalue weighted by molar-refractivity contribution is -0.156. The summed E-state index contributed by atoms with van der Waals surface area (Å²) in [4.78, 5) is 23.8. The van der Waals surface area contributed by atoms with Crippen LogP contribution < -0.4 is 5.73 Å². The van der Waals surface area contributed by atoms with Crippen molar-refractivity contribution < 1.29 is 19.8 Å². The largest absolute Gasteiger partial charge is 0.481 e. The molecule has 5 nitrogen and oxygen atoms in total. The minimum absolute atomic E-state index is 0.244. The molecule has 2 atom stereocenters. The van der Waals surface area contributed by atoms with Crippen molar-refractivity contribution in [2.24, 2.45) is 11.7 Å². The zero-order valence-electron chi connectivity index (χ0n) is 21.9. The monoisotopic (exact) mass is 469 g/mol. The van der Waals surface area contributed by atoms with Gasteiger partial charge in [-0.15, -0.1) is 0 Å². The lowest BCUT2D eigenvalue weighted by atomic mass is 9.77. The minimum atomic E-state index is -1.66. The van der Waals surface area contributed by atoms with Gasteiger partial charge in [-0.2, -0.15) is 0 Å². The maximum Gasteiger partial charge on any atom is 0.324 e. The molecule has 0 fully saturated rings. The molecule has 0 aliphatic rings. The molecular weight excluding hydrogens is 414 g/mol. The van der Waals surface area contributed by atoms with Gasteiger partial charge >= 0.3 is 11.9 Å². The quantitative estimate of drug-likeness (QED) is 0.117. The van der Waals surface area contributed by atoms with Crippen LogP contribution in [0.2, 0.25) is 0 Å². The Morgan fingerprint density at radius 2 is 0.939 bits per heavy atom. The van der Waals surface area contributed by atoms with Gasteiger partial charge in [-0.1, -0.05) is 142 Å². The van der Waals surface area contributed by atoms with Crippen molar-refractivity contribution >= 4 is 11.9 Å². The van der Waals surface area contributed by atoms with E-state index in [0.717, 1.165) is 38.5 Å². The average Bonchev–Trinajstić information content (AvgIpc) is 2.78. The molecule has 0 heterocycles. The van der Waals surface area contributed by atoms with E-state index >= 15 is 0 Å². The zero-order chi connectivity index (χ0) is 24.8. The van der Waals surface area contributed by atoms with Gasteiger partial charge in [0, 0.05) is 0 Å². The highest BCUT2D eigenvalue weighted by atomic mass is 16.4. The third-order valence-electron chi connectivity index (χ3n) is 7.11. The lowest BCUT2D eigenvalue weighted by Gasteiger charge is -2.31. The minimum Gasteiger partial charge on any atom is -0.481 e. The number of carboxylic acids is 2. The van der Waals surface area contributed by atoms with E-state index in [9.17, 15) is 19.8 Å². The van der Waals surface area contributed by atoms with Crippen molar-refractivity contribution in [1.82, 2.24) is 0 Å². The fourth-order valence-corrected chi connectivity index (χ4v) is 4.77. The van der Waals surface area contributed by atoms with Crippen LogP contribution >= 0.6 is 0 Å². The van der Waals surface area contributed by atoms with E-state index in [1.54, 1.807) is 0 Å². The number of aliphatic carboxylic acids is 2. The number of unbranched alkanes of at least 4 members (excludes halogenated alkanes) is 18. The van der Waals surface area contributed by atoms with Crippen LogP contribution in [0.3, 0.4) is 0 Å². The van der Waals surface area contributed by atoms with Gasteiger partial charge in [-0.3, -0.25) is 9.59 Å². The molecule has 0 radical (unpaired) electrons. The van der Waals surface area contributed by atoms with Gasteiger partial charge in [0.25, 0.3) is 0 Å². The first-order chi connectivity index (χ1) is 15.9. The molecule has 0 amide bonds. The maximum atomic E-state index is 12.0. The fraction of sp³-hybridized carbons (Fsp3) is 0.929. The molecule has 196 valence electrons. The molecule has 0 rings (SSSR count). The van der Waals surface area contributed by atoms with Gasteiger partial charge in [0.2, 0.25) is 0 Å². The summed E-state index contributed by atoms with van der Waals surface area (Å²) in [5.41, 5.74) is 4.57. The van der Waals surface area contributed by atoms with Gasteiger partial charge in [0.05, 0.1) is 5.92 Å². The van der Waals surface area contributed by atoms with Crippen LogP contribution in [0.1, 0.15) is 155 Å². The Labute approximate surface area is 204 Å². The fourth-order valence-electron chi connectivity index (χ4n) is 4.77. The average molecular weight is 470 g/mol. The Morgan fingerprint density at radius 3 is 1.27 bits per heavy atom. The van der Waals surface area contributed by atoms with Crippen LogP contribution in [-0.4, -0.2) is 27.7 Å². The molecular formula is C28H55NO4. The zero-order valence-corrected chi connectivity index (χ0v) is 21.9. The normalized spacial score (nSPS) is 14.2. The second-order valence-electron chi connectivity index (χ2n) is 10.1. The summed E-state index contributed by atoms with van der Waals surface area (Å²) in [6, 6.07) is 0. The Bertz CT molecular complexity index is 483. The van der Waals surface area contributed by atoms with E-state index in [4.69, 9.17) is 5.73 Å². The smallest absolute Gasteiger partial charge is 0.324 e. The van der Waals surface area contributed by atoms with Crippen molar-refractivity contribution in [2.45, 2.75) is 161 Å². The molecule has 2 unspecified atom stereocenters. The Kier molecular flexibility index (Phi) is 20.7. The number of hydrogen-bond acceptors (Lipinski definition) is 3. The van der Waals surface area contributed by atoms with Crippen molar-refractivity contribution in [1.29, 1.82) is 0 Å². The summed E-state index contributed by atoms with van der Waals surface area (Å²) in [6.45, 7) is 4.45. The summed E-state index contributed by atoms with van der Waals surface area (Å²) in [6.07, 6.45) is 23.8. The van der Waals surface area contributed by atoms with E-state index in [1.807, 2.05) is 0 Å². The number of carboxylic acid groups (broad SMARTS) is 2. The van der Waals surface area contributed by atoms with Gasteiger partial charge in [-0.05, 0) is 12.8 Å². The van der Waals surface area contributed by atoms with Gasteiger partial charge in [0.15, 0.2) is 0 Å².